The predicted octanol–water partition coefficient (Wildman–Crippen LogP) is -1.14. The maximum Gasteiger partial charge on any atom is 0.252 e. The first-order valence-electron chi connectivity index (χ1n) is 7.92. The predicted molar refractivity (Wildman–Crippen MR) is 84.0 cm³/mol. The van der Waals surface area contributed by atoms with Gasteiger partial charge in [0.2, 0.25) is 11.8 Å². The zero-order valence-electron chi connectivity index (χ0n) is 13.7. The van der Waals surface area contributed by atoms with Crippen LogP contribution >= 0.6 is 0 Å². The summed E-state index contributed by atoms with van der Waals surface area (Å²) in [5.41, 5.74) is 11.3. The fourth-order valence-corrected chi connectivity index (χ4v) is 2.66. The molecule has 0 bridgehead atoms. The number of aldehydes is 1. The van der Waals surface area contributed by atoms with Gasteiger partial charge in [0, 0.05) is 6.54 Å². The van der Waals surface area contributed by atoms with Crippen LogP contribution in [-0.4, -0.2) is 65.5 Å². The Morgan fingerprint density at radius 2 is 2.04 bits per heavy atom. The van der Waals surface area contributed by atoms with E-state index in [9.17, 15) is 19.2 Å². The van der Waals surface area contributed by atoms with Crippen LogP contribution in [0.2, 0.25) is 0 Å². The van der Waals surface area contributed by atoms with E-state index in [4.69, 9.17) is 11.5 Å². The number of hydrogen-bond donors (Lipinski definition) is 2. The number of hydrogen-bond acceptors (Lipinski definition) is 6. The lowest BCUT2D eigenvalue weighted by Crippen LogP contribution is -2.56. The minimum Gasteiger partial charge on any atom is -0.330 e. The second-order valence-electron chi connectivity index (χ2n) is 5.81. The lowest BCUT2D eigenvalue weighted by atomic mass is 9.98. The summed E-state index contributed by atoms with van der Waals surface area (Å²) in [6.07, 6.45) is 2.27. The van der Waals surface area contributed by atoms with Crippen LogP contribution in [0.1, 0.15) is 33.1 Å². The standard InChI is InChI=1S/C15H26N4O4/c1-3-10(2)13(17)15(23)19(7-8-20)14(22)11-5-4-6-18(11)12(21)9-16/h8,10-11,13H,3-7,9,16-17H2,1-2H3/t10-,11-,13-/m0/s1. The number of likely N-dealkylation sites (tertiary alicyclic amines) is 1. The molecule has 0 aromatic rings. The molecule has 0 aromatic carbocycles. The smallest absolute Gasteiger partial charge is 0.252 e. The maximum absolute atomic E-state index is 12.7. The molecule has 130 valence electrons. The average Bonchev–Trinajstić information content (AvgIpc) is 3.05. The van der Waals surface area contributed by atoms with Crippen LogP contribution in [-0.2, 0) is 19.2 Å². The van der Waals surface area contributed by atoms with Crippen molar-refractivity contribution in [1.29, 1.82) is 0 Å². The van der Waals surface area contributed by atoms with Crippen molar-refractivity contribution in [2.75, 3.05) is 19.6 Å². The van der Waals surface area contributed by atoms with Crippen LogP contribution in [0.5, 0.6) is 0 Å². The lowest BCUT2D eigenvalue weighted by molar-refractivity contribution is -0.152. The van der Waals surface area contributed by atoms with E-state index in [1.165, 1.54) is 4.90 Å². The molecule has 0 spiro atoms. The highest BCUT2D eigenvalue weighted by molar-refractivity contribution is 6.02. The van der Waals surface area contributed by atoms with Crippen molar-refractivity contribution < 1.29 is 19.2 Å². The number of carbonyl (C=O) groups excluding carboxylic acids is 4. The minimum atomic E-state index is -0.857. The zero-order valence-corrected chi connectivity index (χ0v) is 13.7. The lowest BCUT2D eigenvalue weighted by Gasteiger charge is -2.30. The van der Waals surface area contributed by atoms with Gasteiger partial charge in [0.1, 0.15) is 12.3 Å². The van der Waals surface area contributed by atoms with E-state index >= 15 is 0 Å². The van der Waals surface area contributed by atoms with Gasteiger partial charge in [-0.25, -0.2) is 0 Å². The van der Waals surface area contributed by atoms with Crippen LogP contribution in [0.25, 0.3) is 0 Å². The summed E-state index contributed by atoms with van der Waals surface area (Å²) in [5.74, 6) is -1.59. The first-order valence-corrected chi connectivity index (χ1v) is 7.92. The van der Waals surface area contributed by atoms with Crippen LogP contribution in [0, 0.1) is 5.92 Å². The van der Waals surface area contributed by atoms with Gasteiger partial charge in [-0.3, -0.25) is 19.3 Å². The molecule has 1 aliphatic rings. The Labute approximate surface area is 136 Å². The molecule has 0 aliphatic carbocycles. The molecular formula is C15H26N4O4. The second-order valence-corrected chi connectivity index (χ2v) is 5.81. The Morgan fingerprint density at radius 3 is 2.57 bits per heavy atom. The third kappa shape index (κ3) is 4.35. The van der Waals surface area contributed by atoms with Gasteiger partial charge in [0.15, 0.2) is 0 Å². The van der Waals surface area contributed by atoms with Crippen molar-refractivity contribution in [3.8, 4) is 0 Å². The largest absolute Gasteiger partial charge is 0.330 e. The summed E-state index contributed by atoms with van der Waals surface area (Å²) >= 11 is 0. The molecule has 4 N–H and O–H groups in total. The van der Waals surface area contributed by atoms with Crippen molar-refractivity contribution in [2.24, 2.45) is 17.4 Å². The van der Waals surface area contributed by atoms with Crippen molar-refractivity contribution in [3.63, 3.8) is 0 Å². The third-order valence-corrected chi connectivity index (χ3v) is 4.36. The summed E-state index contributed by atoms with van der Waals surface area (Å²) in [4.78, 5) is 50.1. The molecule has 1 rings (SSSR count). The number of nitrogens with two attached hydrogens (primary N) is 2. The molecule has 8 heteroatoms. The van der Waals surface area contributed by atoms with E-state index in [0.29, 0.717) is 32.1 Å². The summed E-state index contributed by atoms with van der Waals surface area (Å²) in [7, 11) is 0. The quantitative estimate of drug-likeness (QED) is 0.570. The van der Waals surface area contributed by atoms with Crippen LogP contribution in [0.4, 0.5) is 0 Å². The van der Waals surface area contributed by atoms with Crippen LogP contribution < -0.4 is 11.5 Å². The van der Waals surface area contributed by atoms with Crippen LogP contribution in [0.15, 0.2) is 0 Å². The van der Waals surface area contributed by atoms with E-state index in [1.54, 1.807) is 0 Å². The number of rotatable bonds is 7. The van der Waals surface area contributed by atoms with Gasteiger partial charge in [0.05, 0.1) is 19.1 Å². The van der Waals surface area contributed by atoms with E-state index < -0.39 is 23.9 Å². The molecule has 8 nitrogen and oxygen atoms in total. The topological polar surface area (TPSA) is 127 Å². The summed E-state index contributed by atoms with van der Waals surface area (Å²) < 4.78 is 0. The molecule has 3 amide bonds. The molecule has 0 aromatic heterocycles. The molecule has 1 heterocycles. The van der Waals surface area contributed by atoms with E-state index in [-0.39, 0.29) is 24.9 Å². The Morgan fingerprint density at radius 1 is 1.39 bits per heavy atom. The highest BCUT2D eigenvalue weighted by atomic mass is 16.2. The van der Waals surface area contributed by atoms with E-state index in [2.05, 4.69) is 0 Å². The normalized spacial score (nSPS) is 20.0. The molecule has 1 fully saturated rings. The molecule has 0 radical (unpaired) electrons. The maximum atomic E-state index is 12.7. The summed E-state index contributed by atoms with van der Waals surface area (Å²) in [6.45, 7) is 3.57. The first kappa shape index (κ1) is 19.2. The van der Waals surface area contributed by atoms with E-state index in [0.717, 1.165) is 4.90 Å². The monoisotopic (exact) mass is 326 g/mol. The minimum absolute atomic E-state index is 0.116. The Kier molecular flexibility index (Phi) is 7.31. The number of imide groups is 1. The summed E-state index contributed by atoms with van der Waals surface area (Å²) in [5, 5.41) is 0. The fourth-order valence-electron chi connectivity index (χ4n) is 2.66. The molecule has 3 atom stereocenters. The number of amides is 3. The van der Waals surface area contributed by atoms with Gasteiger partial charge in [-0.05, 0) is 18.8 Å². The summed E-state index contributed by atoms with van der Waals surface area (Å²) in [6, 6.07) is -1.61. The van der Waals surface area contributed by atoms with E-state index in [1.807, 2.05) is 13.8 Å². The molecule has 1 saturated heterocycles. The number of nitrogens with zero attached hydrogens (tertiary/aromatic N) is 2. The van der Waals surface area contributed by atoms with Crippen molar-refractivity contribution in [1.82, 2.24) is 9.80 Å². The van der Waals surface area contributed by atoms with Gasteiger partial charge in [-0.1, -0.05) is 20.3 Å². The van der Waals surface area contributed by atoms with Gasteiger partial charge in [-0.15, -0.1) is 0 Å². The molecule has 0 unspecified atom stereocenters. The fraction of sp³-hybridized carbons (Fsp3) is 0.733. The zero-order chi connectivity index (χ0) is 17.6. The molecule has 0 saturated carbocycles. The Hall–Kier alpha value is -1.80. The second kappa shape index (κ2) is 8.73. The molecule has 23 heavy (non-hydrogen) atoms. The van der Waals surface area contributed by atoms with Gasteiger partial charge in [0.25, 0.3) is 5.91 Å². The van der Waals surface area contributed by atoms with Crippen LogP contribution in [0.3, 0.4) is 0 Å². The first-order chi connectivity index (χ1) is 10.9. The Balaban J connectivity index is 2.95. The van der Waals surface area contributed by atoms with Gasteiger partial charge in [-0.2, -0.15) is 0 Å². The molecule has 1 aliphatic heterocycles. The highest BCUT2D eigenvalue weighted by Gasteiger charge is 2.39. The average molecular weight is 326 g/mol. The SMILES string of the molecule is CC[C@H](C)[C@H](N)C(=O)N(CC=O)C(=O)[C@@H]1CCCN1C(=O)CN. The van der Waals surface area contributed by atoms with Gasteiger partial charge < -0.3 is 21.2 Å². The third-order valence-electron chi connectivity index (χ3n) is 4.36. The van der Waals surface area contributed by atoms with Crippen molar-refractivity contribution >= 4 is 24.0 Å². The Bertz CT molecular complexity index is 468. The molecular weight excluding hydrogens is 300 g/mol. The highest BCUT2D eigenvalue weighted by Crippen LogP contribution is 2.20. The van der Waals surface area contributed by atoms with Crippen molar-refractivity contribution in [2.45, 2.75) is 45.2 Å². The van der Waals surface area contributed by atoms with Gasteiger partial charge >= 0.3 is 0 Å². The van der Waals surface area contributed by atoms with Crippen molar-refractivity contribution in [3.05, 3.63) is 0 Å². The number of carbonyl (C=O) groups is 4.